The highest BCUT2D eigenvalue weighted by atomic mass is 16.5. The number of nitrogens with one attached hydrogen (secondary N) is 2. The van der Waals surface area contributed by atoms with Gasteiger partial charge in [-0.15, -0.1) is 0 Å². The second-order valence-electron chi connectivity index (χ2n) is 8.69. The third kappa shape index (κ3) is 5.84. The average Bonchev–Trinajstić information content (AvgIpc) is 2.93. The Morgan fingerprint density at radius 3 is 2.58 bits per heavy atom. The van der Waals surface area contributed by atoms with E-state index < -0.39 is 0 Å². The normalized spacial score (nSPS) is 13.3. The molecule has 8 heteroatoms. The lowest BCUT2D eigenvalue weighted by molar-refractivity contribution is 0.102. The summed E-state index contributed by atoms with van der Waals surface area (Å²) in [5, 5.41) is 6.27. The highest BCUT2D eigenvalue weighted by Gasteiger charge is 2.12. The van der Waals surface area contributed by atoms with E-state index in [4.69, 9.17) is 9.72 Å². The Labute approximate surface area is 210 Å². The van der Waals surface area contributed by atoms with Crippen LogP contribution in [0.2, 0.25) is 0 Å². The number of carbonyl (C=O) groups is 1. The minimum atomic E-state index is -0.186. The monoisotopic (exact) mass is 480 g/mol. The van der Waals surface area contributed by atoms with E-state index >= 15 is 0 Å². The van der Waals surface area contributed by atoms with Crippen LogP contribution >= 0.6 is 0 Å². The van der Waals surface area contributed by atoms with Gasteiger partial charge in [-0.1, -0.05) is 24.3 Å². The summed E-state index contributed by atoms with van der Waals surface area (Å²) in [6.45, 7) is 5.80. The topological polar surface area (TPSA) is 92.3 Å². The van der Waals surface area contributed by atoms with Crippen LogP contribution in [0.25, 0.3) is 11.3 Å². The number of hydrogen-bond acceptors (Lipinski definition) is 7. The van der Waals surface area contributed by atoms with Crippen LogP contribution in [0.1, 0.15) is 21.5 Å². The summed E-state index contributed by atoms with van der Waals surface area (Å²) in [5.41, 5.74) is 6.22. The van der Waals surface area contributed by atoms with Crippen molar-refractivity contribution in [2.24, 2.45) is 0 Å². The number of benzene rings is 2. The van der Waals surface area contributed by atoms with E-state index in [1.54, 1.807) is 24.8 Å². The van der Waals surface area contributed by atoms with Crippen molar-refractivity contribution in [1.29, 1.82) is 0 Å². The van der Waals surface area contributed by atoms with Crippen LogP contribution in [-0.2, 0) is 11.3 Å². The van der Waals surface area contributed by atoms with Gasteiger partial charge in [0, 0.05) is 49.0 Å². The molecular formula is C28H28N6O2. The molecule has 0 spiro atoms. The molecule has 0 atom stereocenters. The summed E-state index contributed by atoms with van der Waals surface area (Å²) in [6, 6.07) is 17.9. The number of morpholine rings is 1. The van der Waals surface area contributed by atoms with Gasteiger partial charge in [-0.3, -0.25) is 14.8 Å². The van der Waals surface area contributed by atoms with Crippen molar-refractivity contribution in [3.63, 3.8) is 0 Å². The summed E-state index contributed by atoms with van der Waals surface area (Å²) >= 11 is 0. The molecule has 3 heterocycles. The van der Waals surface area contributed by atoms with Gasteiger partial charge in [-0.2, -0.15) is 0 Å². The molecule has 1 aliphatic heterocycles. The standard InChI is InChI=1S/C28H28N6O2/c1-20-13-23(17-29-15-20)28(35)32-24-4-2-3-21(14-24)16-31-27-19-30-18-26(33-27)22-5-7-25(8-6-22)34-9-11-36-12-10-34/h2-8,13-15,17-19H,9-12,16H2,1H3,(H,31,33)(H,32,35). The molecule has 2 aromatic heterocycles. The second-order valence-corrected chi connectivity index (χ2v) is 8.69. The fourth-order valence-electron chi connectivity index (χ4n) is 4.09. The largest absolute Gasteiger partial charge is 0.378 e. The number of nitrogens with zero attached hydrogens (tertiary/aromatic N) is 4. The van der Waals surface area contributed by atoms with Gasteiger partial charge in [0.1, 0.15) is 5.82 Å². The minimum absolute atomic E-state index is 0.186. The van der Waals surface area contributed by atoms with E-state index in [1.807, 2.05) is 37.3 Å². The maximum absolute atomic E-state index is 12.5. The van der Waals surface area contributed by atoms with E-state index in [0.717, 1.165) is 54.4 Å². The van der Waals surface area contributed by atoms with Crippen molar-refractivity contribution < 1.29 is 9.53 Å². The number of aryl methyl sites for hydroxylation is 1. The smallest absolute Gasteiger partial charge is 0.257 e. The lowest BCUT2D eigenvalue weighted by atomic mass is 10.1. The summed E-state index contributed by atoms with van der Waals surface area (Å²) in [5.74, 6) is 0.500. The number of anilines is 3. The Morgan fingerprint density at radius 2 is 1.78 bits per heavy atom. The first-order valence-corrected chi connectivity index (χ1v) is 11.9. The molecular weight excluding hydrogens is 452 g/mol. The molecule has 0 bridgehead atoms. The zero-order chi connectivity index (χ0) is 24.7. The zero-order valence-electron chi connectivity index (χ0n) is 20.1. The van der Waals surface area contributed by atoms with Crippen molar-refractivity contribution in [2.45, 2.75) is 13.5 Å². The Bertz CT molecular complexity index is 1340. The van der Waals surface area contributed by atoms with E-state index in [0.29, 0.717) is 17.9 Å². The first-order chi connectivity index (χ1) is 17.6. The number of carbonyl (C=O) groups excluding carboxylic acids is 1. The van der Waals surface area contributed by atoms with Gasteiger partial charge in [-0.05, 0) is 48.4 Å². The molecule has 0 unspecified atom stereocenters. The molecule has 36 heavy (non-hydrogen) atoms. The molecule has 1 aliphatic rings. The molecule has 2 N–H and O–H groups in total. The Hall–Kier alpha value is -4.30. The molecule has 182 valence electrons. The fraction of sp³-hybridized carbons (Fsp3) is 0.214. The molecule has 0 radical (unpaired) electrons. The van der Waals surface area contributed by atoms with Gasteiger partial charge in [0.2, 0.25) is 0 Å². The van der Waals surface area contributed by atoms with E-state index in [9.17, 15) is 4.79 Å². The predicted octanol–water partition coefficient (Wildman–Crippen LogP) is 4.55. The third-order valence-corrected chi connectivity index (χ3v) is 5.97. The fourth-order valence-corrected chi connectivity index (χ4v) is 4.09. The molecule has 2 aromatic carbocycles. The van der Waals surface area contributed by atoms with Gasteiger partial charge < -0.3 is 20.3 Å². The molecule has 1 fully saturated rings. The van der Waals surface area contributed by atoms with Crippen molar-refractivity contribution in [1.82, 2.24) is 15.0 Å². The van der Waals surface area contributed by atoms with Crippen LogP contribution in [0.3, 0.4) is 0 Å². The quantitative estimate of drug-likeness (QED) is 0.401. The van der Waals surface area contributed by atoms with Crippen LogP contribution in [0.5, 0.6) is 0 Å². The van der Waals surface area contributed by atoms with Crippen LogP contribution in [0, 0.1) is 6.92 Å². The van der Waals surface area contributed by atoms with Crippen molar-refractivity contribution in [3.05, 3.63) is 96.1 Å². The molecule has 1 amide bonds. The summed E-state index contributed by atoms with van der Waals surface area (Å²) < 4.78 is 5.44. The lowest BCUT2D eigenvalue weighted by Crippen LogP contribution is -2.36. The number of hydrogen-bond donors (Lipinski definition) is 2. The molecule has 8 nitrogen and oxygen atoms in total. The zero-order valence-corrected chi connectivity index (χ0v) is 20.1. The number of pyridine rings is 1. The Morgan fingerprint density at radius 1 is 0.972 bits per heavy atom. The van der Waals surface area contributed by atoms with Crippen LogP contribution < -0.4 is 15.5 Å². The Kier molecular flexibility index (Phi) is 7.14. The molecule has 5 rings (SSSR count). The first-order valence-electron chi connectivity index (χ1n) is 11.9. The van der Waals surface area contributed by atoms with Gasteiger partial charge in [-0.25, -0.2) is 4.98 Å². The van der Waals surface area contributed by atoms with Crippen LogP contribution in [0.4, 0.5) is 17.2 Å². The lowest BCUT2D eigenvalue weighted by Gasteiger charge is -2.28. The molecule has 1 saturated heterocycles. The highest BCUT2D eigenvalue weighted by Crippen LogP contribution is 2.23. The van der Waals surface area contributed by atoms with Gasteiger partial charge >= 0.3 is 0 Å². The molecule has 0 saturated carbocycles. The first kappa shape index (κ1) is 23.4. The van der Waals surface area contributed by atoms with Crippen LogP contribution in [0.15, 0.2) is 79.4 Å². The Balaban J connectivity index is 1.22. The van der Waals surface area contributed by atoms with E-state index in [2.05, 4.69) is 49.8 Å². The summed E-state index contributed by atoms with van der Waals surface area (Å²) in [4.78, 5) is 28.1. The van der Waals surface area contributed by atoms with E-state index in [-0.39, 0.29) is 5.91 Å². The van der Waals surface area contributed by atoms with Crippen LogP contribution in [-0.4, -0.2) is 47.2 Å². The average molecular weight is 481 g/mol. The van der Waals surface area contributed by atoms with E-state index in [1.165, 1.54) is 5.69 Å². The van der Waals surface area contributed by atoms with Crippen molar-refractivity contribution in [2.75, 3.05) is 41.8 Å². The maximum atomic E-state index is 12.5. The SMILES string of the molecule is Cc1cncc(C(=O)Nc2cccc(CNc3cncc(-c4ccc(N5CCOCC5)cc4)n3)c2)c1. The van der Waals surface area contributed by atoms with Crippen molar-refractivity contribution in [3.8, 4) is 11.3 Å². The predicted molar refractivity (Wildman–Crippen MR) is 141 cm³/mol. The maximum Gasteiger partial charge on any atom is 0.257 e. The summed E-state index contributed by atoms with van der Waals surface area (Å²) in [6.07, 6.45) is 6.77. The number of amides is 1. The summed E-state index contributed by atoms with van der Waals surface area (Å²) in [7, 11) is 0. The second kappa shape index (κ2) is 11.0. The number of ether oxygens (including phenoxy) is 1. The number of rotatable bonds is 7. The van der Waals surface area contributed by atoms with Gasteiger partial charge in [0.15, 0.2) is 0 Å². The van der Waals surface area contributed by atoms with Gasteiger partial charge in [0.05, 0.1) is 36.9 Å². The van der Waals surface area contributed by atoms with Gasteiger partial charge in [0.25, 0.3) is 5.91 Å². The number of aromatic nitrogens is 3. The third-order valence-electron chi connectivity index (χ3n) is 5.97. The highest BCUT2D eigenvalue weighted by molar-refractivity contribution is 6.04. The molecule has 0 aliphatic carbocycles. The van der Waals surface area contributed by atoms with Crippen molar-refractivity contribution >= 4 is 23.1 Å². The molecule has 4 aromatic rings. The minimum Gasteiger partial charge on any atom is -0.378 e.